The summed E-state index contributed by atoms with van der Waals surface area (Å²) < 4.78 is 2.16. The second-order valence-electron chi connectivity index (χ2n) is 7.81. The highest BCUT2D eigenvalue weighted by molar-refractivity contribution is 5.60. The van der Waals surface area contributed by atoms with Crippen LogP contribution in [0.4, 0.5) is 0 Å². The molecule has 1 aliphatic rings. The van der Waals surface area contributed by atoms with E-state index in [0.29, 0.717) is 11.9 Å². The molecule has 152 valence electrons. The number of hydrogen-bond acceptors (Lipinski definition) is 4. The molecule has 4 rings (SSSR count). The smallest absolute Gasteiger partial charge is 0.251 e. The Hall–Kier alpha value is -2.73. The number of piperidine rings is 1. The standard InChI is InChI=1S/C23H29N5O/c1-2-19-15-22(29)26-23(25-19)21-9-4-3-7-18(21)16-28-12-6-5-8-20(28)10-13-27-14-11-24-17-27/h3-4,7,9,11,14-15,17,20H,2,5-6,8,10,12-13,16H2,1H3,(H,25,26,29). The zero-order valence-electron chi connectivity index (χ0n) is 17.1. The molecule has 29 heavy (non-hydrogen) atoms. The summed E-state index contributed by atoms with van der Waals surface area (Å²) in [5.74, 6) is 0.678. The number of hydrogen-bond donors (Lipinski definition) is 1. The van der Waals surface area contributed by atoms with Gasteiger partial charge >= 0.3 is 0 Å². The average molecular weight is 392 g/mol. The average Bonchev–Trinajstić information content (AvgIpc) is 3.27. The monoisotopic (exact) mass is 391 g/mol. The molecule has 3 aromatic rings. The second-order valence-corrected chi connectivity index (χ2v) is 7.81. The first-order valence-corrected chi connectivity index (χ1v) is 10.6. The first-order chi connectivity index (χ1) is 14.2. The number of nitrogens with zero attached hydrogens (tertiary/aromatic N) is 4. The third-order valence-corrected chi connectivity index (χ3v) is 5.83. The summed E-state index contributed by atoms with van der Waals surface area (Å²) in [6.45, 7) is 5.01. The summed E-state index contributed by atoms with van der Waals surface area (Å²) in [6, 6.07) is 10.5. The Balaban J connectivity index is 1.55. The maximum Gasteiger partial charge on any atom is 0.251 e. The van der Waals surface area contributed by atoms with Gasteiger partial charge in [0, 0.05) is 48.8 Å². The molecule has 1 aliphatic heterocycles. The molecule has 0 amide bonds. The lowest BCUT2D eigenvalue weighted by molar-refractivity contribution is 0.128. The first-order valence-electron chi connectivity index (χ1n) is 10.6. The molecule has 2 aromatic heterocycles. The summed E-state index contributed by atoms with van der Waals surface area (Å²) in [6.07, 6.45) is 11.4. The van der Waals surface area contributed by atoms with E-state index in [0.717, 1.165) is 43.7 Å². The zero-order valence-corrected chi connectivity index (χ0v) is 17.1. The molecule has 0 spiro atoms. The van der Waals surface area contributed by atoms with Crippen LogP contribution >= 0.6 is 0 Å². The lowest BCUT2D eigenvalue weighted by Gasteiger charge is -2.36. The number of likely N-dealkylation sites (tertiary alicyclic amines) is 1. The Morgan fingerprint density at radius 3 is 2.97 bits per heavy atom. The van der Waals surface area contributed by atoms with Crippen molar-refractivity contribution in [2.24, 2.45) is 0 Å². The highest BCUT2D eigenvalue weighted by Crippen LogP contribution is 2.26. The topological polar surface area (TPSA) is 66.8 Å². The maximum absolute atomic E-state index is 12.1. The van der Waals surface area contributed by atoms with E-state index in [9.17, 15) is 4.79 Å². The molecule has 1 saturated heterocycles. The molecule has 1 aromatic carbocycles. The predicted molar refractivity (Wildman–Crippen MR) is 115 cm³/mol. The second kappa shape index (κ2) is 9.18. The molecule has 1 unspecified atom stereocenters. The van der Waals surface area contributed by atoms with Crippen molar-refractivity contribution >= 4 is 0 Å². The molecule has 3 heterocycles. The van der Waals surface area contributed by atoms with E-state index in [4.69, 9.17) is 0 Å². The van der Waals surface area contributed by atoms with Gasteiger partial charge in [0.15, 0.2) is 0 Å². The highest BCUT2D eigenvalue weighted by atomic mass is 16.1. The van der Waals surface area contributed by atoms with E-state index in [-0.39, 0.29) is 5.56 Å². The third-order valence-electron chi connectivity index (χ3n) is 5.83. The fourth-order valence-electron chi connectivity index (χ4n) is 4.24. The van der Waals surface area contributed by atoms with Crippen LogP contribution in [0.15, 0.2) is 53.8 Å². The Morgan fingerprint density at radius 2 is 2.14 bits per heavy atom. The van der Waals surface area contributed by atoms with Gasteiger partial charge in [0.05, 0.1) is 6.33 Å². The van der Waals surface area contributed by atoms with E-state index < -0.39 is 0 Å². The van der Waals surface area contributed by atoms with Crippen molar-refractivity contribution in [3.63, 3.8) is 0 Å². The first kappa shape index (κ1) is 19.6. The predicted octanol–water partition coefficient (Wildman–Crippen LogP) is 3.64. The van der Waals surface area contributed by atoms with Crippen molar-refractivity contribution in [3.8, 4) is 11.4 Å². The Morgan fingerprint density at radius 1 is 1.24 bits per heavy atom. The third kappa shape index (κ3) is 4.82. The van der Waals surface area contributed by atoms with Crippen molar-refractivity contribution in [2.75, 3.05) is 6.54 Å². The Kier molecular flexibility index (Phi) is 6.20. The number of nitrogens with one attached hydrogen (secondary N) is 1. The van der Waals surface area contributed by atoms with E-state index >= 15 is 0 Å². The Bertz CT molecular complexity index is 979. The van der Waals surface area contributed by atoms with Crippen molar-refractivity contribution in [3.05, 3.63) is 70.7 Å². The van der Waals surface area contributed by atoms with Gasteiger partial charge in [-0.15, -0.1) is 0 Å². The van der Waals surface area contributed by atoms with Gasteiger partial charge in [-0.3, -0.25) is 9.69 Å². The normalized spacial score (nSPS) is 17.5. The van der Waals surface area contributed by atoms with Gasteiger partial charge in [-0.25, -0.2) is 9.97 Å². The number of aromatic amines is 1. The number of H-pyrrole nitrogens is 1. The molecular weight excluding hydrogens is 362 g/mol. The molecule has 1 fully saturated rings. The zero-order chi connectivity index (χ0) is 20.1. The number of benzene rings is 1. The van der Waals surface area contributed by atoms with Gasteiger partial charge in [-0.1, -0.05) is 37.6 Å². The summed E-state index contributed by atoms with van der Waals surface area (Å²) >= 11 is 0. The SMILES string of the molecule is CCc1cc(=O)[nH]c(-c2ccccc2CN2CCCCC2CCn2ccnc2)n1. The van der Waals surface area contributed by atoms with Crippen LogP contribution in [0.3, 0.4) is 0 Å². The van der Waals surface area contributed by atoms with Crippen LogP contribution in [-0.2, 0) is 19.5 Å². The minimum Gasteiger partial charge on any atom is -0.337 e. The van der Waals surface area contributed by atoms with Crippen molar-refractivity contribution in [1.82, 2.24) is 24.4 Å². The lowest BCUT2D eigenvalue weighted by atomic mass is 9.97. The molecule has 1 atom stereocenters. The van der Waals surface area contributed by atoms with Crippen molar-refractivity contribution < 1.29 is 0 Å². The summed E-state index contributed by atoms with van der Waals surface area (Å²) in [4.78, 5) is 26.4. The van der Waals surface area contributed by atoms with E-state index in [1.807, 2.05) is 31.7 Å². The number of aromatic nitrogens is 4. The van der Waals surface area contributed by atoms with Gasteiger partial charge in [-0.2, -0.15) is 0 Å². The van der Waals surface area contributed by atoms with Crippen LogP contribution in [0.5, 0.6) is 0 Å². The van der Waals surface area contributed by atoms with Gasteiger partial charge in [0.25, 0.3) is 5.56 Å². The van der Waals surface area contributed by atoms with Crippen LogP contribution in [-0.4, -0.2) is 37.0 Å². The molecule has 6 heteroatoms. The molecule has 0 aliphatic carbocycles. The molecule has 0 saturated carbocycles. The van der Waals surface area contributed by atoms with E-state index in [2.05, 4.69) is 42.6 Å². The quantitative estimate of drug-likeness (QED) is 0.668. The minimum absolute atomic E-state index is 0.0853. The number of aryl methyl sites for hydroxylation is 2. The number of imidazole rings is 1. The van der Waals surface area contributed by atoms with Gasteiger partial charge in [0.1, 0.15) is 5.82 Å². The minimum atomic E-state index is -0.0853. The van der Waals surface area contributed by atoms with Crippen LogP contribution < -0.4 is 5.56 Å². The van der Waals surface area contributed by atoms with Gasteiger partial charge in [0.2, 0.25) is 0 Å². The van der Waals surface area contributed by atoms with E-state index in [1.165, 1.54) is 24.8 Å². The largest absolute Gasteiger partial charge is 0.337 e. The Labute approximate surface area is 171 Å². The summed E-state index contributed by atoms with van der Waals surface area (Å²) in [5.41, 5.74) is 2.99. The van der Waals surface area contributed by atoms with E-state index in [1.54, 1.807) is 6.07 Å². The van der Waals surface area contributed by atoms with Crippen molar-refractivity contribution in [2.45, 2.75) is 58.2 Å². The molecule has 6 nitrogen and oxygen atoms in total. The summed E-state index contributed by atoms with van der Waals surface area (Å²) in [7, 11) is 0. The highest BCUT2D eigenvalue weighted by Gasteiger charge is 2.23. The lowest BCUT2D eigenvalue weighted by Crippen LogP contribution is -2.39. The molecular formula is C23H29N5O. The van der Waals surface area contributed by atoms with Crippen LogP contribution in [0.1, 0.15) is 43.9 Å². The molecule has 1 N–H and O–H groups in total. The molecule has 0 bridgehead atoms. The van der Waals surface area contributed by atoms with Crippen LogP contribution in [0.25, 0.3) is 11.4 Å². The number of rotatable bonds is 7. The van der Waals surface area contributed by atoms with Crippen LogP contribution in [0, 0.1) is 0 Å². The van der Waals surface area contributed by atoms with Gasteiger partial charge < -0.3 is 9.55 Å². The fourth-order valence-corrected chi connectivity index (χ4v) is 4.24. The fraction of sp³-hybridized carbons (Fsp3) is 0.435. The molecule has 0 radical (unpaired) electrons. The van der Waals surface area contributed by atoms with Crippen molar-refractivity contribution in [1.29, 1.82) is 0 Å². The van der Waals surface area contributed by atoms with Crippen LogP contribution in [0.2, 0.25) is 0 Å². The maximum atomic E-state index is 12.1. The van der Waals surface area contributed by atoms with Gasteiger partial charge in [-0.05, 0) is 37.8 Å². The summed E-state index contributed by atoms with van der Waals surface area (Å²) in [5, 5.41) is 0.